The summed E-state index contributed by atoms with van der Waals surface area (Å²) in [6.45, 7) is 6.75. The van der Waals surface area contributed by atoms with E-state index < -0.39 is 8.07 Å². The Bertz CT molecular complexity index is 41.4. The van der Waals surface area contributed by atoms with Gasteiger partial charge in [-0.15, -0.1) is 11.6 Å². The second kappa shape index (κ2) is 4.21. The van der Waals surface area contributed by atoms with Gasteiger partial charge in [0.05, 0.1) is 8.07 Å². The first-order chi connectivity index (χ1) is 2.56. The normalized spacial score (nSPS) is 10.3. The van der Waals surface area contributed by atoms with Crippen molar-refractivity contribution in [2.45, 2.75) is 19.6 Å². The van der Waals surface area contributed by atoms with E-state index >= 15 is 0 Å². The maximum atomic E-state index is 5.54. The maximum absolute atomic E-state index is 5.54. The van der Waals surface area contributed by atoms with E-state index in [1.54, 1.807) is 0 Å². The van der Waals surface area contributed by atoms with E-state index in [0.29, 0.717) is 0 Å². The van der Waals surface area contributed by atoms with Crippen LogP contribution in [0.15, 0.2) is 0 Å². The van der Waals surface area contributed by atoms with Crippen molar-refractivity contribution >= 4 is 43.6 Å². The van der Waals surface area contributed by atoms with E-state index in [0.717, 1.165) is 5.50 Å². The van der Waals surface area contributed by atoms with Crippen LogP contribution < -0.4 is 0 Å². The van der Waals surface area contributed by atoms with Gasteiger partial charge < -0.3 is 0 Å². The summed E-state index contributed by atoms with van der Waals surface area (Å²) in [4.78, 5) is 0. The Balaban J connectivity index is 0. The Morgan fingerprint density at radius 3 is 1.43 bits per heavy atom. The molecule has 0 unspecified atom stereocenters. The molecule has 0 nitrogen and oxygen atoms in total. The molecule has 0 aromatic rings. The van der Waals surface area contributed by atoms with Crippen molar-refractivity contribution in [2.24, 2.45) is 0 Å². The first-order valence-electron chi connectivity index (χ1n) is 2.12. The van der Waals surface area contributed by atoms with E-state index in [2.05, 4.69) is 19.6 Å². The van der Waals surface area contributed by atoms with Crippen LogP contribution >= 0.6 is 11.6 Å². The van der Waals surface area contributed by atoms with Gasteiger partial charge in [-0.05, 0) is 0 Å². The molecule has 0 atom stereocenters. The van der Waals surface area contributed by atoms with Crippen molar-refractivity contribution in [3.05, 3.63) is 0 Å². The van der Waals surface area contributed by atoms with Crippen LogP contribution in [0.25, 0.3) is 0 Å². The van der Waals surface area contributed by atoms with E-state index in [4.69, 9.17) is 11.6 Å². The van der Waals surface area contributed by atoms with E-state index in [1.807, 2.05) is 0 Å². The predicted octanol–water partition coefficient (Wildman–Crippen LogP) is 1.19. The SMILES string of the molecule is C[Si](C)(C)CCl.[SnH2]. The molecule has 0 heterocycles. The third-order valence-corrected chi connectivity index (χ3v) is 3.61. The molecular weight excluding hydrogens is 230 g/mol. The summed E-state index contributed by atoms with van der Waals surface area (Å²) < 4.78 is 0. The zero-order chi connectivity index (χ0) is 5.21. The molecule has 0 aromatic carbocycles. The van der Waals surface area contributed by atoms with E-state index in [9.17, 15) is 0 Å². The van der Waals surface area contributed by atoms with Gasteiger partial charge >= 0.3 is 23.9 Å². The van der Waals surface area contributed by atoms with Crippen molar-refractivity contribution in [3.8, 4) is 0 Å². The van der Waals surface area contributed by atoms with Crippen molar-refractivity contribution in [1.82, 2.24) is 0 Å². The molecule has 0 fully saturated rings. The van der Waals surface area contributed by atoms with Gasteiger partial charge in [0.15, 0.2) is 0 Å². The third-order valence-electron chi connectivity index (χ3n) is 0.401. The summed E-state index contributed by atoms with van der Waals surface area (Å²) in [6.07, 6.45) is 0. The molecule has 0 amide bonds. The standard InChI is InChI=1S/C4H11ClSi.Sn.2H/c1-6(2,3)4-5;;;/h4H2,1-3H3;;;. The van der Waals surface area contributed by atoms with Crippen LogP contribution in [0.3, 0.4) is 0 Å². The van der Waals surface area contributed by atoms with Gasteiger partial charge in [0.1, 0.15) is 0 Å². The van der Waals surface area contributed by atoms with Gasteiger partial charge in [-0.25, -0.2) is 0 Å². The predicted molar refractivity (Wildman–Crippen MR) is 42.6 cm³/mol. The molecule has 0 saturated heterocycles. The molecule has 0 aliphatic carbocycles. The fraction of sp³-hybridized carbons (Fsp3) is 1.00. The van der Waals surface area contributed by atoms with Crippen LogP contribution in [0.4, 0.5) is 0 Å². The fourth-order valence-electron chi connectivity index (χ4n) is 0. The number of rotatable bonds is 1. The average molecular weight is 243 g/mol. The summed E-state index contributed by atoms with van der Waals surface area (Å²) in [5, 5.41) is 0. The van der Waals surface area contributed by atoms with Crippen molar-refractivity contribution in [1.29, 1.82) is 0 Å². The Labute approximate surface area is 68.6 Å². The number of hydrogen-bond acceptors (Lipinski definition) is 0. The summed E-state index contributed by atoms with van der Waals surface area (Å²) >= 11 is 5.54. The molecule has 44 valence electrons. The minimum absolute atomic E-state index is 0. The van der Waals surface area contributed by atoms with Gasteiger partial charge in [0, 0.05) is 5.50 Å². The molecule has 3 heteroatoms. The van der Waals surface area contributed by atoms with Gasteiger partial charge in [0.2, 0.25) is 0 Å². The van der Waals surface area contributed by atoms with Crippen LogP contribution in [-0.2, 0) is 0 Å². The minimum atomic E-state index is -0.866. The molecule has 0 spiro atoms. The topological polar surface area (TPSA) is 0 Å². The van der Waals surface area contributed by atoms with Crippen molar-refractivity contribution in [2.75, 3.05) is 5.50 Å². The zero-order valence-electron chi connectivity index (χ0n) is 5.29. The summed E-state index contributed by atoms with van der Waals surface area (Å²) in [7, 11) is -0.866. The average Bonchev–Trinajstić information content (AvgIpc) is 1.35. The molecule has 0 aliphatic heterocycles. The van der Waals surface area contributed by atoms with Gasteiger partial charge in [0.25, 0.3) is 0 Å². The number of hydrogen-bond donors (Lipinski definition) is 0. The number of halogens is 1. The Hall–Kier alpha value is 1.31. The van der Waals surface area contributed by atoms with Crippen LogP contribution in [0.5, 0.6) is 0 Å². The summed E-state index contributed by atoms with van der Waals surface area (Å²) in [5.74, 6) is 0. The Kier molecular flexibility index (Phi) is 6.71. The van der Waals surface area contributed by atoms with Crippen LogP contribution in [0.1, 0.15) is 0 Å². The molecule has 0 rings (SSSR count). The molecule has 0 saturated carbocycles. The summed E-state index contributed by atoms with van der Waals surface area (Å²) in [6, 6.07) is 0. The zero-order valence-corrected chi connectivity index (χ0v) is 11.1. The van der Waals surface area contributed by atoms with Crippen molar-refractivity contribution in [3.63, 3.8) is 0 Å². The van der Waals surface area contributed by atoms with Crippen LogP contribution in [0, 0.1) is 0 Å². The molecule has 0 aromatic heterocycles. The van der Waals surface area contributed by atoms with E-state index in [1.165, 1.54) is 0 Å². The molecule has 2 radical (unpaired) electrons. The second-order valence-electron chi connectivity index (χ2n) is 2.69. The monoisotopic (exact) mass is 244 g/mol. The van der Waals surface area contributed by atoms with Crippen LogP contribution in [0.2, 0.25) is 19.6 Å². The Morgan fingerprint density at radius 2 is 1.43 bits per heavy atom. The quantitative estimate of drug-likeness (QED) is 0.479. The summed E-state index contributed by atoms with van der Waals surface area (Å²) in [5.41, 5.74) is 0.882. The Morgan fingerprint density at radius 1 is 1.29 bits per heavy atom. The second-order valence-corrected chi connectivity index (χ2v) is 8.88. The third kappa shape index (κ3) is 11.1. The van der Waals surface area contributed by atoms with Crippen LogP contribution in [-0.4, -0.2) is 37.5 Å². The molecule has 0 bridgehead atoms. The number of alkyl halides is 1. The van der Waals surface area contributed by atoms with Gasteiger partial charge in [-0.1, -0.05) is 19.6 Å². The molecule has 0 aliphatic rings. The van der Waals surface area contributed by atoms with Crippen molar-refractivity contribution < 1.29 is 0 Å². The van der Waals surface area contributed by atoms with Gasteiger partial charge in [-0.2, -0.15) is 0 Å². The molecule has 0 N–H and O–H groups in total. The van der Waals surface area contributed by atoms with E-state index in [-0.39, 0.29) is 23.9 Å². The first-order valence-corrected chi connectivity index (χ1v) is 6.36. The van der Waals surface area contributed by atoms with Gasteiger partial charge in [-0.3, -0.25) is 0 Å². The molecule has 7 heavy (non-hydrogen) atoms. The fourth-order valence-corrected chi connectivity index (χ4v) is 0. The molecular formula is C4H13ClSiSn. The first kappa shape index (κ1) is 11.1.